The van der Waals surface area contributed by atoms with E-state index in [2.05, 4.69) is 4.74 Å². The number of ether oxygens (including phenoxy) is 1. The molecule has 1 aromatic rings. The highest BCUT2D eigenvalue weighted by Gasteiger charge is 2.27. The molecule has 1 aromatic carbocycles. The van der Waals surface area contributed by atoms with Gasteiger partial charge in [-0.25, -0.2) is 4.79 Å². The first kappa shape index (κ1) is 14.6. The molecule has 0 heterocycles. The second-order valence-corrected chi connectivity index (χ2v) is 4.12. The van der Waals surface area contributed by atoms with Crippen molar-refractivity contribution in [2.45, 2.75) is 19.1 Å². The lowest BCUT2D eigenvalue weighted by atomic mass is 10.0. The molecular weight excluding hydrogens is 260 g/mol. The molecule has 0 saturated heterocycles. The van der Waals surface area contributed by atoms with Crippen LogP contribution >= 0.6 is 11.6 Å². The zero-order valence-electron chi connectivity index (χ0n) is 9.88. The molecule has 0 aliphatic heterocycles. The molecule has 0 spiro atoms. The number of carbonyl (C=O) groups is 2. The number of benzene rings is 1. The summed E-state index contributed by atoms with van der Waals surface area (Å²) in [6, 6.07) is 4.17. The van der Waals surface area contributed by atoms with Gasteiger partial charge in [0.2, 0.25) is 0 Å². The minimum absolute atomic E-state index is 0.149. The van der Waals surface area contributed by atoms with E-state index in [4.69, 9.17) is 11.6 Å². The number of halogens is 1. The number of hydrogen-bond donors (Lipinski definition) is 2. The monoisotopic (exact) mass is 272 g/mol. The molecular formula is C12H13ClO5. The number of rotatable bonds is 4. The van der Waals surface area contributed by atoms with Gasteiger partial charge in [-0.3, -0.25) is 4.79 Å². The first-order valence-corrected chi connectivity index (χ1v) is 5.50. The zero-order valence-corrected chi connectivity index (χ0v) is 10.6. The van der Waals surface area contributed by atoms with Crippen LogP contribution in [0.5, 0.6) is 0 Å². The molecule has 0 bridgehead atoms. The summed E-state index contributed by atoms with van der Waals surface area (Å²) < 4.78 is 4.31. The van der Waals surface area contributed by atoms with E-state index < -0.39 is 18.2 Å². The number of ketones is 1. The van der Waals surface area contributed by atoms with E-state index in [0.717, 1.165) is 7.11 Å². The maximum Gasteiger partial charge on any atom is 0.337 e. The van der Waals surface area contributed by atoms with Gasteiger partial charge < -0.3 is 14.9 Å². The van der Waals surface area contributed by atoms with Crippen LogP contribution in [0.3, 0.4) is 0 Å². The van der Waals surface area contributed by atoms with Gasteiger partial charge in [-0.15, -0.1) is 0 Å². The van der Waals surface area contributed by atoms with Gasteiger partial charge in [-0.05, 0) is 24.6 Å². The lowest BCUT2D eigenvalue weighted by Gasteiger charge is -2.16. The number of aliphatic hydroxyl groups is 2. The average molecular weight is 273 g/mol. The number of Topliss-reactive ketones (excluding diaryl/α,β-unsaturated/α-hetero) is 1. The van der Waals surface area contributed by atoms with E-state index in [-0.39, 0.29) is 16.4 Å². The molecule has 0 amide bonds. The largest absolute Gasteiger partial charge is 0.467 e. The molecule has 0 aliphatic rings. The third kappa shape index (κ3) is 3.07. The third-order valence-corrected chi connectivity index (χ3v) is 2.77. The van der Waals surface area contributed by atoms with E-state index in [1.165, 1.54) is 25.1 Å². The van der Waals surface area contributed by atoms with Crippen LogP contribution in [0.15, 0.2) is 18.2 Å². The van der Waals surface area contributed by atoms with Gasteiger partial charge in [-0.2, -0.15) is 0 Å². The van der Waals surface area contributed by atoms with Crippen molar-refractivity contribution >= 4 is 23.4 Å². The molecule has 6 heteroatoms. The number of hydrogen-bond acceptors (Lipinski definition) is 5. The molecule has 2 unspecified atom stereocenters. The maximum absolute atomic E-state index is 11.2. The van der Waals surface area contributed by atoms with E-state index in [1.54, 1.807) is 0 Å². The van der Waals surface area contributed by atoms with Crippen molar-refractivity contribution in [3.8, 4) is 0 Å². The fourth-order valence-corrected chi connectivity index (χ4v) is 1.75. The first-order chi connectivity index (χ1) is 8.38. The van der Waals surface area contributed by atoms with E-state index >= 15 is 0 Å². The van der Waals surface area contributed by atoms with Crippen LogP contribution in [0.25, 0.3) is 0 Å². The molecule has 98 valence electrons. The lowest BCUT2D eigenvalue weighted by Crippen LogP contribution is -2.29. The summed E-state index contributed by atoms with van der Waals surface area (Å²) in [5.74, 6) is -1.16. The molecule has 2 atom stereocenters. The van der Waals surface area contributed by atoms with Crippen molar-refractivity contribution in [1.29, 1.82) is 0 Å². The topological polar surface area (TPSA) is 83.8 Å². The van der Waals surface area contributed by atoms with Crippen molar-refractivity contribution in [2.75, 3.05) is 7.11 Å². The molecule has 1 rings (SSSR count). The fraction of sp³-hybridized carbons (Fsp3) is 0.333. The first-order valence-electron chi connectivity index (χ1n) is 5.12. The molecule has 0 aromatic heterocycles. The number of aliphatic hydroxyl groups excluding tert-OH is 2. The summed E-state index contributed by atoms with van der Waals surface area (Å²) >= 11 is 5.86. The van der Waals surface area contributed by atoms with Crippen LogP contribution in [0.2, 0.25) is 5.02 Å². The average Bonchev–Trinajstić information content (AvgIpc) is 2.35. The van der Waals surface area contributed by atoms with Crippen molar-refractivity contribution < 1.29 is 24.5 Å². The van der Waals surface area contributed by atoms with Crippen LogP contribution in [0, 0.1) is 0 Å². The summed E-state index contributed by atoms with van der Waals surface area (Å²) in [5, 5.41) is 19.4. The Bertz CT molecular complexity index is 472. The Morgan fingerprint density at radius 2 is 1.94 bits per heavy atom. The lowest BCUT2D eigenvalue weighted by molar-refractivity contribution is -0.156. The Balaban J connectivity index is 3.01. The SMILES string of the molecule is COC(=O)C(O)C(O)c1ccc(C(C)=O)c(Cl)c1. The van der Waals surface area contributed by atoms with Gasteiger partial charge in [0.05, 0.1) is 12.1 Å². The van der Waals surface area contributed by atoms with Crippen molar-refractivity contribution in [2.24, 2.45) is 0 Å². The molecule has 18 heavy (non-hydrogen) atoms. The van der Waals surface area contributed by atoms with Crippen LogP contribution in [0.1, 0.15) is 28.9 Å². The number of methoxy groups -OCH3 is 1. The quantitative estimate of drug-likeness (QED) is 0.634. The second kappa shape index (κ2) is 5.95. The normalized spacial score (nSPS) is 13.8. The molecule has 0 radical (unpaired) electrons. The van der Waals surface area contributed by atoms with E-state index in [0.29, 0.717) is 5.56 Å². The van der Waals surface area contributed by atoms with Gasteiger partial charge in [0, 0.05) is 5.56 Å². The summed E-state index contributed by atoms with van der Waals surface area (Å²) in [4.78, 5) is 22.2. The molecule has 5 nitrogen and oxygen atoms in total. The predicted molar refractivity (Wildman–Crippen MR) is 64.4 cm³/mol. The van der Waals surface area contributed by atoms with Crippen molar-refractivity contribution in [1.82, 2.24) is 0 Å². The Hall–Kier alpha value is -1.43. The zero-order chi connectivity index (χ0) is 13.9. The highest BCUT2D eigenvalue weighted by Crippen LogP contribution is 2.24. The minimum Gasteiger partial charge on any atom is -0.467 e. The molecule has 2 N–H and O–H groups in total. The Labute approximate surface area is 109 Å². The summed E-state index contributed by atoms with van der Waals surface area (Å²) in [6.07, 6.45) is -3.16. The number of esters is 1. The highest BCUT2D eigenvalue weighted by atomic mass is 35.5. The van der Waals surface area contributed by atoms with Crippen LogP contribution < -0.4 is 0 Å². The Morgan fingerprint density at radius 3 is 2.39 bits per heavy atom. The second-order valence-electron chi connectivity index (χ2n) is 3.71. The Morgan fingerprint density at radius 1 is 1.33 bits per heavy atom. The maximum atomic E-state index is 11.2. The molecule has 0 saturated carbocycles. The third-order valence-electron chi connectivity index (χ3n) is 2.46. The van der Waals surface area contributed by atoms with E-state index in [9.17, 15) is 19.8 Å². The van der Waals surface area contributed by atoms with Gasteiger partial charge in [0.15, 0.2) is 11.9 Å². The predicted octanol–water partition coefficient (Wildman–Crippen LogP) is 1.11. The minimum atomic E-state index is -1.70. The van der Waals surface area contributed by atoms with Gasteiger partial charge in [-0.1, -0.05) is 17.7 Å². The molecule has 0 fully saturated rings. The number of carbonyl (C=O) groups excluding carboxylic acids is 2. The highest BCUT2D eigenvalue weighted by molar-refractivity contribution is 6.33. The fourth-order valence-electron chi connectivity index (χ4n) is 1.43. The van der Waals surface area contributed by atoms with Crippen LogP contribution in [0.4, 0.5) is 0 Å². The van der Waals surface area contributed by atoms with Crippen molar-refractivity contribution in [3.63, 3.8) is 0 Å². The summed E-state index contributed by atoms with van der Waals surface area (Å²) in [6.45, 7) is 1.36. The summed E-state index contributed by atoms with van der Waals surface area (Å²) in [7, 11) is 1.10. The smallest absolute Gasteiger partial charge is 0.337 e. The summed E-state index contributed by atoms with van der Waals surface area (Å²) in [5.41, 5.74) is 0.531. The van der Waals surface area contributed by atoms with Crippen LogP contribution in [-0.2, 0) is 9.53 Å². The van der Waals surface area contributed by atoms with Gasteiger partial charge in [0.1, 0.15) is 6.10 Å². The van der Waals surface area contributed by atoms with E-state index in [1.807, 2.05) is 0 Å². The molecule has 0 aliphatic carbocycles. The van der Waals surface area contributed by atoms with Crippen molar-refractivity contribution in [3.05, 3.63) is 34.3 Å². The standard InChI is InChI=1S/C12H13ClO5/c1-6(14)8-4-3-7(5-9(8)13)10(15)11(16)12(17)18-2/h3-5,10-11,15-16H,1-2H3. The van der Waals surface area contributed by atoms with Crippen LogP contribution in [-0.4, -0.2) is 35.2 Å². The van der Waals surface area contributed by atoms with Gasteiger partial charge >= 0.3 is 5.97 Å². The van der Waals surface area contributed by atoms with Gasteiger partial charge in [0.25, 0.3) is 0 Å². The Kier molecular flexibility index (Phi) is 4.84.